The molecule has 2 aliphatic heterocycles. The Kier molecular flexibility index (Phi) is 10.6. The molecule has 0 unspecified atom stereocenters. The molecule has 1 amide bonds. The van der Waals surface area contributed by atoms with Crippen LogP contribution in [0.25, 0.3) is 0 Å². The molecule has 0 aromatic heterocycles. The first-order valence-corrected chi connectivity index (χ1v) is 9.71. The van der Waals surface area contributed by atoms with Gasteiger partial charge in [-0.05, 0) is 64.1 Å². The Labute approximate surface area is 138 Å². The lowest BCUT2D eigenvalue weighted by molar-refractivity contribution is -0.132. The largest absolute Gasteiger partial charge is 0.343 e. The van der Waals surface area contributed by atoms with E-state index in [9.17, 15) is 4.79 Å². The quantitative estimate of drug-likeness (QED) is 0.755. The van der Waals surface area contributed by atoms with E-state index in [1.807, 2.05) is 4.90 Å². The minimum absolute atomic E-state index is 0.372. The number of likely N-dealkylation sites (tertiary alicyclic amines) is 2. The van der Waals surface area contributed by atoms with Gasteiger partial charge in [0.15, 0.2) is 0 Å². The van der Waals surface area contributed by atoms with E-state index >= 15 is 0 Å². The molecule has 2 aliphatic rings. The van der Waals surface area contributed by atoms with Crippen molar-refractivity contribution in [2.24, 2.45) is 5.92 Å². The van der Waals surface area contributed by atoms with Crippen molar-refractivity contribution in [3.05, 3.63) is 0 Å². The Hall–Kier alpha value is -0.570. The highest BCUT2D eigenvalue weighted by Crippen LogP contribution is 2.19. The molecule has 0 bridgehead atoms. The molecule has 0 N–H and O–H groups in total. The van der Waals surface area contributed by atoms with Crippen molar-refractivity contribution >= 4 is 5.91 Å². The Morgan fingerprint density at radius 3 is 2.09 bits per heavy atom. The second-order valence-corrected chi connectivity index (χ2v) is 6.83. The highest BCUT2D eigenvalue weighted by Gasteiger charge is 2.16. The summed E-state index contributed by atoms with van der Waals surface area (Å²) in [6.07, 6.45) is 10.9. The average Bonchev–Trinajstić information content (AvgIpc) is 2.61. The molecule has 0 radical (unpaired) electrons. The Balaban J connectivity index is 0.000000224. The number of carbonyl (C=O) groups excluding carboxylic acids is 1. The van der Waals surface area contributed by atoms with Crippen LogP contribution in [0, 0.1) is 5.92 Å². The zero-order valence-corrected chi connectivity index (χ0v) is 15.3. The number of nitrogens with zero attached hydrogens (tertiary/aromatic N) is 2. The minimum Gasteiger partial charge on any atom is -0.343 e. The molecule has 0 aromatic rings. The summed E-state index contributed by atoms with van der Waals surface area (Å²) < 4.78 is 0. The van der Waals surface area contributed by atoms with Gasteiger partial charge in [0.1, 0.15) is 0 Å². The van der Waals surface area contributed by atoms with Gasteiger partial charge in [0.25, 0.3) is 0 Å². The third-order valence-corrected chi connectivity index (χ3v) is 5.18. The predicted octanol–water partition coefficient (Wildman–Crippen LogP) is 4.32. The molecule has 0 atom stereocenters. The number of carbonyl (C=O) groups is 1. The standard InChI is InChI=1S/C10H19NO.C9H19N/c1-2-3-7-10(12)11-8-5-4-6-9-11;1-3-9-5-7-10(4-2)8-6-9/h2-9H2,1H3;9H,3-8H2,1-2H3. The first-order valence-electron chi connectivity index (χ1n) is 9.71. The molecule has 3 nitrogen and oxygen atoms in total. The van der Waals surface area contributed by atoms with E-state index in [-0.39, 0.29) is 0 Å². The Morgan fingerprint density at radius 1 is 0.955 bits per heavy atom. The van der Waals surface area contributed by atoms with Crippen molar-refractivity contribution in [2.75, 3.05) is 32.7 Å². The fraction of sp³-hybridized carbons (Fsp3) is 0.947. The zero-order valence-electron chi connectivity index (χ0n) is 15.3. The highest BCUT2D eigenvalue weighted by atomic mass is 16.2. The summed E-state index contributed by atoms with van der Waals surface area (Å²) in [5.41, 5.74) is 0. The van der Waals surface area contributed by atoms with E-state index in [4.69, 9.17) is 0 Å². The highest BCUT2D eigenvalue weighted by molar-refractivity contribution is 5.76. The minimum atomic E-state index is 0.372. The van der Waals surface area contributed by atoms with Gasteiger partial charge in [-0.15, -0.1) is 0 Å². The van der Waals surface area contributed by atoms with Crippen LogP contribution in [0.5, 0.6) is 0 Å². The van der Waals surface area contributed by atoms with Crippen LogP contribution < -0.4 is 0 Å². The number of amides is 1. The average molecular weight is 311 g/mol. The smallest absolute Gasteiger partial charge is 0.222 e. The van der Waals surface area contributed by atoms with Gasteiger partial charge < -0.3 is 9.80 Å². The number of hydrogen-bond donors (Lipinski definition) is 0. The summed E-state index contributed by atoms with van der Waals surface area (Å²) in [6.45, 7) is 12.6. The summed E-state index contributed by atoms with van der Waals surface area (Å²) >= 11 is 0. The van der Waals surface area contributed by atoms with Crippen LogP contribution in [-0.4, -0.2) is 48.4 Å². The van der Waals surface area contributed by atoms with Crippen LogP contribution in [0.4, 0.5) is 0 Å². The van der Waals surface area contributed by atoms with Crippen LogP contribution in [0.1, 0.15) is 78.6 Å². The third-order valence-electron chi connectivity index (χ3n) is 5.18. The van der Waals surface area contributed by atoms with Crippen molar-refractivity contribution in [1.82, 2.24) is 9.80 Å². The fourth-order valence-electron chi connectivity index (χ4n) is 3.34. The molecule has 2 saturated heterocycles. The topological polar surface area (TPSA) is 23.6 Å². The molecule has 130 valence electrons. The monoisotopic (exact) mass is 310 g/mol. The molecule has 0 aromatic carbocycles. The maximum absolute atomic E-state index is 11.5. The van der Waals surface area contributed by atoms with Gasteiger partial charge in [0.2, 0.25) is 5.91 Å². The van der Waals surface area contributed by atoms with Gasteiger partial charge in [0.05, 0.1) is 0 Å². The van der Waals surface area contributed by atoms with Crippen molar-refractivity contribution in [1.29, 1.82) is 0 Å². The number of rotatable bonds is 5. The first kappa shape index (κ1) is 19.5. The molecule has 2 fully saturated rings. The molecule has 22 heavy (non-hydrogen) atoms. The second kappa shape index (κ2) is 11.9. The Morgan fingerprint density at radius 2 is 1.59 bits per heavy atom. The SMILES string of the molecule is CCC1CCN(CC)CC1.CCCCC(=O)N1CCCCC1. The van der Waals surface area contributed by atoms with Crippen LogP contribution in [0.2, 0.25) is 0 Å². The van der Waals surface area contributed by atoms with E-state index in [2.05, 4.69) is 25.7 Å². The lowest BCUT2D eigenvalue weighted by Gasteiger charge is -2.30. The van der Waals surface area contributed by atoms with Crippen LogP contribution in [0.3, 0.4) is 0 Å². The zero-order chi connectivity index (χ0) is 16.2. The van der Waals surface area contributed by atoms with Gasteiger partial charge in [-0.3, -0.25) is 4.79 Å². The van der Waals surface area contributed by atoms with Crippen molar-refractivity contribution in [3.63, 3.8) is 0 Å². The van der Waals surface area contributed by atoms with E-state index in [0.29, 0.717) is 5.91 Å². The van der Waals surface area contributed by atoms with E-state index in [1.165, 1.54) is 58.2 Å². The summed E-state index contributed by atoms with van der Waals surface area (Å²) in [7, 11) is 0. The molecule has 3 heteroatoms. The molecule has 0 spiro atoms. The lowest BCUT2D eigenvalue weighted by atomic mass is 9.95. The summed E-state index contributed by atoms with van der Waals surface area (Å²) in [6, 6.07) is 0. The van der Waals surface area contributed by atoms with Crippen LogP contribution >= 0.6 is 0 Å². The molecular formula is C19H38N2O. The van der Waals surface area contributed by atoms with E-state index in [0.717, 1.165) is 38.3 Å². The van der Waals surface area contributed by atoms with Crippen molar-refractivity contribution < 1.29 is 4.79 Å². The van der Waals surface area contributed by atoms with Crippen molar-refractivity contribution in [3.8, 4) is 0 Å². The Bertz CT molecular complexity index is 267. The normalized spacial score (nSPS) is 20.4. The summed E-state index contributed by atoms with van der Waals surface area (Å²) in [5.74, 6) is 1.40. The number of hydrogen-bond acceptors (Lipinski definition) is 2. The molecule has 0 aliphatic carbocycles. The lowest BCUT2D eigenvalue weighted by Crippen LogP contribution is -2.35. The molecule has 2 rings (SSSR count). The van der Waals surface area contributed by atoms with Gasteiger partial charge in [0, 0.05) is 19.5 Å². The van der Waals surface area contributed by atoms with Crippen LogP contribution in [0.15, 0.2) is 0 Å². The van der Waals surface area contributed by atoms with Gasteiger partial charge in [-0.25, -0.2) is 0 Å². The third kappa shape index (κ3) is 7.62. The van der Waals surface area contributed by atoms with E-state index < -0.39 is 0 Å². The van der Waals surface area contributed by atoms with Gasteiger partial charge in [-0.2, -0.15) is 0 Å². The molecule has 2 heterocycles. The predicted molar refractivity (Wildman–Crippen MR) is 95.1 cm³/mol. The maximum atomic E-state index is 11.5. The molecular weight excluding hydrogens is 272 g/mol. The summed E-state index contributed by atoms with van der Waals surface area (Å²) in [4.78, 5) is 16.1. The van der Waals surface area contributed by atoms with Gasteiger partial charge >= 0.3 is 0 Å². The molecule has 0 saturated carbocycles. The van der Waals surface area contributed by atoms with Crippen LogP contribution in [-0.2, 0) is 4.79 Å². The first-order chi connectivity index (χ1) is 10.7. The maximum Gasteiger partial charge on any atom is 0.222 e. The number of unbranched alkanes of at least 4 members (excludes halogenated alkanes) is 1. The fourth-order valence-corrected chi connectivity index (χ4v) is 3.34. The summed E-state index contributed by atoms with van der Waals surface area (Å²) in [5, 5.41) is 0. The van der Waals surface area contributed by atoms with E-state index in [1.54, 1.807) is 0 Å². The van der Waals surface area contributed by atoms with Crippen molar-refractivity contribution in [2.45, 2.75) is 78.6 Å². The van der Waals surface area contributed by atoms with Gasteiger partial charge in [-0.1, -0.05) is 33.6 Å². The second-order valence-electron chi connectivity index (χ2n) is 6.83. The number of piperidine rings is 2.